The molecule has 0 atom stereocenters. The normalized spacial score (nSPS) is 18.4. The zero-order valence-corrected chi connectivity index (χ0v) is 25.9. The Bertz CT molecular complexity index is 1260. The lowest BCUT2D eigenvalue weighted by atomic mass is 9.88. The Balaban J connectivity index is 1.52. The van der Waals surface area contributed by atoms with E-state index in [0.717, 1.165) is 52.3 Å². The van der Waals surface area contributed by atoms with E-state index in [0.29, 0.717) is 23.0 Å². The number of ether oxygens (including phenoxy) is 3. The molecule has 0 radical (unpaired) electrons. The van der Waals surface area contributed by atoms with Gasteiger partial charge in [-0.3, -0.25) is 19.5 Å². The fourth-order valence-electron chi connectivity index (χ4n) is 6.76. The second-order valence-corrected chi connectivity index (χ2v) is 12.6. The van der Waals surface area contributed by atoms with E-state index in [1.54, 1.807) is 37.6 Å². The summed E-state index contributed by atoms with van der Waals surface area (Å²) in [6, 6.07) is 4.29. The minimum absolute atomic E-state index is 0.0357. The first-order chi connectivity index (χ1) is 19.9. The summed E-state index contributed by atoms with van der Waals surface area (Å²) in [5, 5.41) is 0.788. The quantitative estimate of drug-likeness (QED) is 0.378. The molecule has 2 aliphatic carbocycles. The predicted molar refractivity (Wildman–Crippen MR) is 163 cm³/mol. The zero-order valence-electron chi connectivity index (χ0n) is 25.1. The number of hydrogen-bond acceptors (Lipinski definition) is 7. The molecule has 3 aliphatic rings. The van der Waals surface area contributed by atoms with Gasteiger partial charge in [0, 0.05) is 28.1 Å². The second-order valence-electron chi connectivity index (χ2n) is 11.4. The molecular weight excluding hydrogens is 538 g/mol. The molecule has 1 aliphatic heterocycles. The topological polar surface area (TPSA) is 80.7 Å². The Labute approximate surface area is 247 Å². The van der Waals surface area contributed by atoms with E-state index >= 15 is 0 Å². The van der Waals surface area contributed by atoms with Crippen molar-refractivity contribution in [1.82, 2.24) is 4.90 Å². The number of nitrogens with zero attached hydrogens (tertiary/aromatic N) is 3. The summed E-state index contributed by atoms with van der Waals surface area (Å²) < 4.78 is 16.8. The highest BCUT2D eigenvalue weighted by Gasteiger charge is 2.37. The van der Waals surface area contributed by atoms with Crippen molar-refractivity contribution in [2.45, 2.75) is 90.1 Å². The molecule has 2 saturated carbocycles. The molecule has 9 heteroatoms. The number of methoxy groups -OCH3 is 3. The zero-order chi connectivity index (χ0) is 29.1. The van der Waals surface area contributed by atoms with Crippen LogP contribution in [-0.2, 0) is 9.59 Å². The smallest absolute Gasteiger partial charge is 0.249 e. The first-order valence-corrected chi connectivity index (χ1v) is 15.8. The first kappa shape index (κ1) is 29.4. The highest BCUT2D eigenvalue weighted by atomic mass is 32.1. The summed E-state index contributed by atoms with van der Waals surface area (Å²) in [7, 11) is 4.75. The van der Waals surface area contributed by atoms with Crippen molar-refractivity contribution in [3.8, 4) is 17.2 Å². The molecule has 0 spiro atoms. The molecule has 2 amide bonds. The summed E-state index contributed by atoms with van der Waals surface area (Å²) in [5.41, 5.74) is 3.41. The molecular formula is C32H43N3O5S. The monoisotopic (exact) mass is 581 g/mol. The van der Waals surface area contributed by atoms with E-state index in [9.17, 15) is 9.59 Å². The van der Waals surface area contributed by atoms with Crippen molar-refractivity contribution < 1.29 is 23.8 Å². The molecule has 1 aromatic heterocycles. The van der Waals surface area contributed by atoms with Crippen LogP contribution in [0.2, 0.25) is 0 Å². The van der Waals surface area contributed by atoms with E-state index < -0.39 is 0 Å². The van der Waals surface area contributed by atoms with Gasteiger partial charge in [0.15, 0.2) is 11.5 Å². The first-order valence-electron chi connectivity index (χ1n) is 14.9. The van der Waals surface area contributed by atoms with Crippen LogP contribution in [0.1, 0.15) is 85.8 Å². The van der Waals surface area contributed by atoms with Crippen LogP contribution >= 0.6 is 11.3 Å². The number of carbonyl (C=O) groups is 2. The number of benzene rings is 1. The van der Waals surface area contributed by atoms with Gasteiger partial charge < -0.3 is 19.1 Å². The summed E-state index contributed by atoms with van der Waals surface area (Å²) in [4.78, 5) is 37.8. The summed E-state index contributed by atoms with van der Waals surface area (Å²) in [6.07, 6.45) is 11.4. The lowest BCUT2D eigenvalue weighted by Gasteiger charge is -2.42. The molecule has 0 N–H and O–H groups in total. The van der Waals surface area contributed by atoms with E-state index in [2.05, 4.69) is 18.7 Å². The number of rotatable bonds is 8. The molecule has 41 heavy (non-hydrogen) atoms. The fourth-order valence-corrected chi connectivity index (χ4v) is 7.93. The van der Waals surface area contributed by atoms with Crippen LogP contribution in [0.15, 0.2) is 17.1 Å². The molecule has 5 rings (SSSR count). The van der Waals surface area contributed by atoms with Gasteiger partial charge in [0.25, 0.3) is 0 Å². The minimum atomic E-state index is -0.157. The van der Waals surface area contributed by atoms with Gasteiger partial charge in [-0.2, -0.15) is 0 Å². The molecule has 2 fully saturated rings. The Morgan fingerprint density at radius 3 is 2.00 bits per heavy atom. The number of aryl methyl sites for hydroxylation is 1. The largest absolute Gasteiger partial charge is 0.493 e. The van der Waals surface area contributed by atoms with Crippen LogP contribution in [-0.4, -0.2) is 68.9 Å². The SMILES string of the molecule is COc1cc(C2=NCC(=O)N(CC(=O)N(C3CCCCC3)C3CCCCC3)c3sc(C)c(C)c32)cc(OC)c1OC. The van der Waals surface area contributed by atoms with Gasteiger partial charge in [-0.05, 0) is 57.2 Å². The van der Waals surface area contributed by atoms with E-state index in [1.165, 1.54) is 38.5 Å². The lowest BCUT2D eigenvalue weighted by Crippen LogP contribution is -2.53. The molecule has 0 unspecified atom stereocenters. The lowest BCUT2D eigenvalue weighted by molar-refractivity contribution is -0.137. The van der Waals surface area contributed by atoms with Crippen molar-refractivity contribution in [2.24, 2.45) is 4.99 Å². The van der Waals surface area contributed by atoms with E-state index in [-0.39, 0.29) is 37.0 Å². The van der Waals surface area contributed by atoms with E-state index in [1.807, 2.05) is 12.1 Å². The summed E-state index contributed by atoms with van der Waals surface area (Å²) in [6.45, 7) is 4.13. The fraction of sp³-hybridized carbons (Fsp3) is 0.594. The van der Waals surface area contributed by atoms with Crippen LogP contribution in [0.3, 0.4) is 0 Å². The number of fused-ring (bicyclic) bond motifs is 1. The van der Waals surface area contributed by atoms with Crippen LogP contribution in [0, 0.1) is 13.8 Å². The maximum atomic E-state index is 14.2. The maximum absolute atomic E-state index is 14.2. The molecule has 0 saturated heterocycles. The number of thiophene rings is 1. The van der Waals surface area contributed by atoms with Gasteiger partial charge in [-0.15, -0.1) is 11.3 Å². The van der Waals surface area contributed by atoms with Gasteiger partial charge in [0.05, 0.1) is 27.0 Å². The van der Waals surface area contributed by atoms with Crippen LogP contribution in [0.5, 0.6) is 17.2 Å². The molecule has 1 aromatic carbocycles. The van der Waals surface area contributed by atoms with Crippen molar-refractivity contribution >= 4 is 33.9 Å². The highest BCUT2D eigenvalue weighted by molar-refractivity contribution is 7.17. The van der Waals surface area contributed by atoms with Gasteiger partial charge in [0.2, 0.25) is 17.6 Å². The molecule has 2 heterocycles. The average Bonchev–Trinajstić information content (AvgIpc) is 3.21. The number of amides is 2. The minimum Gasteiger partial charge on any atom is -0.493 e. The average molecular weight is 582 g/mol. The molecule has 222 valence electrons. The number of hydrogen-bond donors (Lipinski definition) is 0. The standard InChI is InChI=1S/C32H43N3O5S/c1-20-21(2)41-32-29(20)30(22-16-25(38-3)31(40-5)26(17-22)39-4)33-18-27(36)34(32)19-28(37)35(23-12-8-6-9-13-23)24-14-10-7-11-15-24/h16-17,23-24H,6-15,18-19H2,1-5H3. The third-order valence-electron chi connectivity index (χ3n) is 8.98. The van der Waals surface area contributed by atoms with E-state index in [4.69, 9.17) is 19.2 Å². The Morgan fingerprint density at radius 1 is 0.927 bits per heavy atom. The van der Waals surface area contributed by atoms with Gasteiger partial charge >= 0.3 is 0 Å². The number of anilines is 1. The van der Waals surface area contributed by atoms with Crippen LogP contribution in [0.4, 0.5) is 5.00 Å². The van der Waals surface area contributed by atoms with Crippen LogP contribution in [0.25, 0.3) is 0 Å². The Morgan fingerprint density at radius 2 is 1.49 bits per heavy atom. The van der Waals surface area contributed by atoms with Gasteiger partial charge in [-0.25, -0.2) is 0 Å². The summed E-state index contributed by atoms with van der Waals surface area (Å²) in [5.74, 6) is 1.46. The highest BCUT2D eigenvalue weighted by Crippen LogP contribution is 2.43. The second kappa shape index (κ2) is 12.8. The molecule has 0 bridgehead atoms. The van der Waals surface area contributed by atoms with Crippen molar-refractivity contribution in [1.29, 1.82) is 0 Å². The van der Waals surface area contributed by atoms with Gasteiger partial charge in [-0.1, -0.05) is 38.5 Å². The Kier molecular flexibility index (Phi) is 9.22. The molecule has 2 aromatic rings. The third-order valence-corrected chi connectivity index (χ3v) is 10.2. The molecule has 8 nitrogen and oxygen atoms in total. The van der Waals surface area contributed by atoms with Crippen LogP contribution < -0.4 is 19.1 Å². The Hall–Kier alpha value is -3.07. The third kappa shape index (κ3) is 5.83. The predicted octanol–water partition coefficient (Wildman–Crippen LogP) is 6.07. The van der Waals surface area contributed by atoms with Crippen molar-refractivity contribution in [3.05, 3.63) is 33.7 Å². The van der Waals surface area contributed by atoms with Crippen molar-refractivity contribution in [2.75, 3.05) is 39.3 Å². The van der Waals surface area contributed by atoms with Gasteiger partial charge in [0.1, 0.15) is 18.1 Å². The number of aliphatic imine (C=N–C) groups is 1. The van der Waals surface area contributed by atoms with Crippen molar-refractivity contribution in [3.63, 3.8) is 0 Å². The number of carbonyl (C=O) groups excluding carboxylic acids is 2. The maximum Gasteiger partial charge on any atom is 0.249 e. The summed E-state index contributed by atoms with van der Waals surface area (Å²) >= 11 is 1.56.